The van der Waals surface area contributed by atoms with Crippen molar-refractivity contribution in [2.24, 2.45) is 10.7 Å². The lowest BCUT2D eigenvalue weighted by Gasteiger charge is -2.15. The van der Waals surface area contributed by atoms with Gasteiger partial charge in [-0.15, -0.1) is 0 Å². The first-order valence-electron chi connectivity index (χ1n) is 10.3. The molecule has 0 spiro atoms. The third-order valence-electron chi connectivity index (χ3n) is 5.51. The molecule has 0 heterocycles. The van der Waals surface area contributed by atoms with Crippen molar-refractivity contribution in [3.63, 3.8) is 0 Å². The van der Waals surface area contributed by atoms with Crippen molar-refractivity contribution in [2.45, 2.75) is 51.5 Å². The van der Waals surface area contributed by atoms with Crippen LogP contribution in [0, 0.1) is 5.41 Å². The molecule has 0 unspecified atom stereocenters. The Morgan fingerprint density at radius 3 is 2.62 bits per heavy atom. The van der Waals surface area contributed by atoms with E-state index < -0.39 is 5.54 Å². The summed E-state index contributed by atoms with van der Waals surface area (Å²) in [7, 11) is 0. The van der Waals surface area contributed by atoms with Crippen LogP contribution in [0.25, 0.3) is 5.57 Å². The molecule has 1 aromatic carbocycles. The molecule has 2 aliphatic rings. The predicted molar refractivity (Wildman–Crippen MR) is 120 cm³/mol. The summed E-state index contributed by atoms with van der Waals surface area (Å²) in [6, 6.07) is 7.69. The third kappa shape index (κ3) is 5.11. The lowest BCUT2D eigenvalue weighted by molar-refractivity contribution is 0.0944. The van der Waals surface area contributed by atoms with Crippen LogP contribution in [0.15, 0.2) is 58.6 Å². The summed E-state index contributed by atoms with van der Waals surface area (Å²) >= 11 is 0. The van der Waals surface area contributed by atoms with E-state index in [0.29, 0.717) is 11.4 Å². The highest BCUT2D eigenvalue weighted by Gasteiger charge is 2.42. The number of carbonyl (C=O) groups excluding carboxylic acids is 1. The lowest BCUT2D eigenvalue weighted by atomic mass is 9.93. The van der Waals surface area contributed by atoms with E-state index in [-0.39, 0.29) is 5.91 Å². The van der Waals surface area contributed by atoms with Crippen molar-refractivity contribution in [1.82, 2.24) is 5.32 Å². The summed E-state index contributed by atoms with van der Waals surface area (Å²) in [5.74, 6) is 0.521. The number of aliphatic imine (C=N–C) groups is 1. The zero-order valence-electron chi connectivity index (χ0n) is 17.3. The number of rotatable bonds is 7. The molecule has 0 saturated heterocycles. The Balaban J connectivity index is 1.74. The Kier molecular flexibility index (Phi) is 6.47. The number of amides is 1. The standard InChI is InChI=1S/C24H30N4O/c1-3-15-27-22(26)19-5-4-6-21(17(2)7-8-19)18-9-11-20(12-10-18)23(29)28-24(16-25)13-14-24/h4-6,9-12,16,25H,3,7-8,13-15H2,1-2H3,(H2,26,27)(H,28,29)/b6-4-,19-5+,21-17-,25-16?. The number of hydrogen-bond acceptors (Lipinski definition) is 3. The van der Waals surface area contributed by atoms with E-state index in [1.807, 2.05) is 30.3 Å². The number of allylic oxidation sites excluding steroid dienone is 5. The highest BCUT2D eigenvalue weighted by Crippen LogP contribution is 2.33. The predicted octanol–water partition coefficient (Wildman–Crippen LogP) is 4.42. The second kappa shape index (κ2) is 9.03. The molecule has 0 aliphatic heterocycles. The number of nitrogens with one attached hydrogen (secondary N) is 2. The first-order chi connectivity index (χ1) is 14.0. The lowest BCUT2D eigenvalue weighted by Crippen LogP contribution is -2.37. The second-order valence-corrected chi connectivity index (χ2v) is 7.84. The molecule has 0 radical (unpaired) electrons. The fourth-order valence-corrected chi connectivity index (χ4v) is 3.37. The van der Waals surface area contributed by atoms with Gasteiger partial charge in [-0.1, -0.05) is 42.9 Å². The van der Waals surface area contributed by atoms with Crippen LogP contribution in [-0.4, -0.2) is 30.0 Å². The summed E-state index contributed by atoms with van der Waals surface area (Å²) in [5.41, 5.74) is 11.0. The molecule has 2 aliphatic carbocycles. The van der Waals surface area contributed by atoms with Crippen molar-refractivity contribution >= 4 is 23.5 Å². The minimum Gasteiger partial charge on any atom is -0.384 e. The van der Waals surface area contributed by atoms with Crippen molar-refractivity contribution in [2.75, 3.05) is 6.54 Å². The third-order valence-corrected chi connectivity index (χ3v) is 5.51. The highest BCUT2D eigenvalue weighted by molar-refractivity contribution is 5.98. The molecule has 1 fully saturated rings. The average molecular weight is 391 g/mol. The van der Waals surface area contributed by atoms with Crippen LogP contribution in [0.3, 0.4) is 0 Å². The molecule has 0 aromatic heterocycles. The van der Waals surface area contributed by atoms with Gasteiger partial charge in [0.15, 0.2) is 0 Å². The molecule has 5 heteroatoms. The molecule has 0 bridgehead atoms. The van der Waals surface area contributed by atoms with Crippen LogP contribution >= 0.6 is 0 Å². The Labute approximate surface area is 173 Å². The maximum atomic E-state index is 12.4. The molecule has 1 amide bonds. The maximum absolute atomic E-state index is 12.4. The number of nitrogens with zero attached hydrogens (tertiary/aromatic N) is 1. The fourth-order valence-electron chi connectivity index (χ4n) is 3.37. The quantitative estimate of drug-likeness (QED) is 0.475. The van der Waals surface area contributed by atoms with E-state index in [9.17, 15) is 4.79 Å². The van der Waals surface area contributed by atoms with Crippen LogP contribution in [0.1, 0.15) is 61.9 Å². The van der Waals surface area contributed by atoms with Gasteiger partial charge in [0.2, 0.25) is 0 Å². The summed E-state index contributed by atoms with van der Waals surface area (Å²) < 4.78 is 0. The molecule has 152 valence electrons. The van der Waals surface area contributed by atoms with Crippen molar-refractivity contribution in [3.05, 3.63) is 64.8 Å². The highest BCUT2D eigenvalue weighted by atomic mass is 16.1. The number of carbonyl (C=O) groups is 1. The van der Waals surface area contributed by atoms with E-state index >= 15 is 0 Å². The second-order valence-electron chi connectivity index (χ2n) is 7.84. The fraction of sp³-hybridized carbons (Fsp3) is 0.375. The van der Waals surface area contributed by atoms with Crippen molar-refractivity contribution in [3.8, 4) is 0 Å². The van der Waals surface area contributed by atoms with E-state index in [2.05, 4.69) is 36.3 Å². The van der Waals surface area contributed by atoms with E-state index in [0.717, 1.165) is 49.8 Å². The number of amidine groups is 1. The number of nitrogens with two attached hydrogens (primary N) is 1. The average Bonchev–Trinajstić information content (AvgIpc) is 3.49. The van der Waals surface area contributed by atoms with Crippen molar-refractivity contribution < 1.29 is 4.79 Å². The zero-order valence-corrected chi connectivity index (χ0v) is 17.3. The largest absolute Gasteiger partial charge is 0.384 e. The molecular formula is C24H30N4O. The van der Waals surface area contributed by atoms with E-state index in [1.165, 1.54) is 17.4 Å². The van der Waals surface area contributed by atoms with Gasteiger partial charge in [-0.05, 0) is 67.9 Å². The van der Waals surface area contributed by atoms with Crippen LogP contribution in [0.4, 0.5) is 0 Å². The molecular weight excluding hydrogens is 360 g/mol. The SMILES string of the molecule is CCCN=C(N)/C1=C/C=C\C(c2ccc(C(=O)NC3(C=N)CC3)cc2)=C(/C)CC1. The van der Waals surface area contributed by atoms with Crippen LogP contribution < -0.4 is 11.1 Å². The monoisotopic (exact) mass is 390 g/mol. The van der Waals surface area contributed by atoms with Crippen LogP contribution in [0.2, 0.25) is 0 Å². The van der Waals surface area contributed by atoms with Crippen molar-refractivity contribution in [1.29, 1.82) is 5.41 Å². The minimum atomic E-state index is -0.413. The van der Waals surface area contributed by atoms with Gasteiger partial charge in [0.1, 0.15) is 5.84 Å². The Bertz CT molecular complexity index is 899. The van der Waals surface area contributed by atoms with Gasteiger partial charge in [0.25, 0.3) is 5.91 Å². The van der Waals surface area contributed by atoms with Gasteiger partial charge in [-0.25, -0.2) is 0 Å². The molecule has 0 atom stereocenters. The summed E-state index contributed by atoms with van der Waals surface area (Å²) in [4.78, 5) is 16.8. The van der Waals surface area contributed by atoms with Gasteiger partial charge < -0.3 is 16.5 Å². The molecule has 4 N–H and O–H groups in total. The summed E-state index contributed by atoms with van der Waals surface area (Å²) in [6.45, 7) is 4.99. The van der Waals surface area contributed by atoms with E-state index in [4.69, 9.17) is 11.1 Å². The molecule has 3 rings (SSSR count). The van der Waals surface area contributed by atoms with Gasteiger partial charge in [-0.3, -0.25) is 9.79 Å². The smallest absolute Gasteiger partial charge is 0.252 e. The number of hydrogen-bond donors (Lipinski definition) is 3. The first-order valence-corrected chi connectivity index (χ1v) is 10.3. The van der Waals surface area contributed by atoms with Crippen LogP contribution in [-0.2, 0) is 0 Å². The summed E-state index contributed by atoms with van der Waals surface area (Å²) in [6.07, 6.45) is 12.0. The molecule has 1 aromatic rings. The normalized spacial score (nSPS) is 23.9. The summed E-state index contributed by atoms with van der Waals surface area (Å²) in [5, 5.41) is 10.4. The number of benzene rings is 1. The molecule has 5 nitrogen and oxygen atoms in total. The van der Waals surface area contributed by atoms with Crippen LogP contribution in [0.5, 0.6) is 0 Å². The first kappa shape index (κ1) is 20.8. The Hall–Kier alpha value is -2.95. The topological polar surface area (TPSA) is 91.3 Å². The maximum Gasteiger partial charge on any atom is 0.252 e. The minimum absolute atomic E-state index is 0.120. The van der Waals surface area contributed by atoms with Gasteiger partial charge in [0, 0.05) is 18.3 Å². The van der Waals surface area contributed by atoms with Gasteiger partial charge in [-0.2, -0.15) is 0 Å². The molecule has 29 heavy (non-hydrogen) atoms. The zero-order chi connectivity index (χ0) is 20.9. The molecule has 1 saturated carbocycles. The van der Waals surface area contributed by atoms with Gasteiger partial charge >= 0.3 is 0 Å². The van der Waals surface area contributed by atoms with E-state index in [1.54, 1.807) is 0 Å². The Morgan fingerprint density at radius 1 is 1.28 bits per heavy atom. The Morgan fingerprint density at radius 2 is 2.00 bits per heavy atom. The van der Waals surface area contributed by atoms with Gasteiger partial charge in [0.05, 0.1) is 5.54 Å².